The zero-order chi connectivity index (χ0) is 13.8. The Balaban J connectivity index is 2.50. The van der Waals surface area contributed by atoms with Crippen LogP contribution in [0.5, 0.6) is 0 Å². The first-order chi connectivity index (χ1) is 8.36. The van der Waals surface area contributed by atoms with E-state index in [9.17, 15) is 8.42 Å². The van der Waals surface area contributed by atoms with Crippen LogP contribution in [0.3, 0.4) is 0 Å². The van der Waals surface area contributed by atoms with E-state index < -0.39 is 10.0 Å². The van der Waals surface area contributed by atoms with E-state index in [1.807, 2.05) is 13.8 Å². The molecule has 1 fully saturated rings. The van der Waals surface area contributed by atoms with Crippen molar-refractivity contribution in [2.45, 2.75) is 52.5 Å². The molecular weight excluding hydrogens is 248 g/mol. The molecule has 0 radical (unpaired) electrons. The molecule has 5 heteroatoms. The topological polar surface area (TPSA) is 63.4 Å². The summed E-state index contributed by atoms with van der Waals surface area (Å²) in [5.41, 5.74) is 5.87. The summed E-state index contributed by atoms with van der Waals surface area (Å²) < 4.78 is 26.1. The molecule has 1 saturated heterocycles. The molecule has 0 aromatic rings. The van der Waals surface area contributed by atoms with E-state index in [0.29, 0.717) is 24.8 Å². The van der Waals surface area contributed by atoms with Gasteiger partial charge in [0.2, 0.25) is 10.0 Å². The monoisotopic (exact) mass is 276 g/mol. The lowest BCUT2D eigenvalue weighted by Gasteiger charge is -2.33. The number of sulfonamides is 1. The SMILES string of the molecule is CCCC(C)CS(=O)(=O)N1CCC(C(C)N)CC1. The van der Waals surface area contributed by atoms with Gasteiger partial charge in [-0.3, -0.25) is 0 Å². The van der Waals surface area contributed by atoms with Crippen molar-refractivity contribution in [3.63, 3.8) is 0 Å². The predicted molar refractivity (Wildman–Crippen MR) is 75.8 cm³/mol. The standard InChI is InChI=1S/C13H28N2O2S/c1-4-5-11(2)10-18(16,17)15-8-6-13(7-9-15)12(3)14/h11-13H,4-10,14H2,1-3H3. The van der Waals surface area contributed by atoms with Gasteiger partial charge in [-0.15, -0.1) is 0 Å². The Labute approximate surface area is 112 Å². The summed E-state index contributed by atoms with van der Waals surface area (Å²) in [6, 6.07) is 0.175. The minimum Gasteiger partial charge on any atom is -0.328 e. The van der Waals surface area contributed by atoms with Gasteiger partial charge in [0.1, 0.15) is 0 Å². The van der Waals surface area contributed by atoms with Crippen LogP contribution >= 0.6 is 0 Å². The Hall–Kier alpha value is -0.130. The van der Waals surface area contributed by atoms with Crippen molar-refractivity contribution in [3.05, 3.63) is 0 Å². The van der Waals surface area contributed by atoms with Gasteiger partial charge in [-0.25, -0.2) is 12.7 Å². The molecular formula is C13H28N2O2S. The number of hydrogen-bond acceptors (Lipinski definition) is 3. The summed E-state index contributed by atoms with van der Waals surface area (Å²) in [6.45, 7) is 7.42. The third-order valence-electron chi connectivity index (χ3n) is 3.91. The second-order valence-electron chi connectivity index (χ2n) is 5.77. The largest absolute Gasteiger partial charge is 0.328 e. The second kappa shape index (κ2) is 6.87. The van der Waals surface area contributed by atoms with Crippen LogP contribution in [0.4, 0.5) is 0 Å². The Bertz CT molecular complexity index is 333. The lowest BCUT2D eigenvalue weighted by Crippen LogP contribution is -2.44. The number of nitrogens with zero attached hydrogens (tertiary/aromatic N) is 1. The maximum atomic E-state index is 12.2. The third kappa shape index (κ3) is 4.52. The van der Waals surface area contributed by atoms with Crippen molar-refractivity contribution >= 4 is 10.0 Å². The molecule has 0 aliphatic carbocycles. The fraction of sp³-hybridized carbons (Fsp3) is 1.00. The van der Waals surface area contributed by atoms with E-state index in [0.717, 1.165) is 25.7 Å². The van der Waals surface area contributed by atoms with Crippen LogP contribution in [0.2, 0.25) is 0 Å². The van der Waals surface area contributed by atoms with Crippen molar-refractivity contribution in [2.75, 3.05) is 18.8 Å². The first kappa shape index (κ1) is 15.9. The van der Waals surface area contributed by atoms with Gasteiger partial charge in [0.25, 0.3) is 0 Å². The molecule has 1 heterocycles. The maximum Gasteiger partial charge on any atom is 0.214 e. The molecule has 0 aromatic heterocycles. The summed E-state index contributed by atoms with van der Waals surface area (Å²) >= 11 is 0. The smallest absolute Gasteiger partial charge is 0.214 e. The summed E-state index contributed by atoms with van der Waals surface area (Å²) in [7, 11) is -3.06. The fourth-order valence-corrected chi connectivity index (χ4v) is 4.58. The first-order valence-electron chi connectivity index (χ1n) is 7.10. The van der Waals surface area contributed by atoms with E-state index >= 15 is 0 Å². The summed E-state index contributed by atoms with van der Waals surface area (Å²) in [6.07, 6.45) is 3.83. The molecule has 2 unspecified atom stereocenters. The summed E-state index contributed by atoms with van der Waals surface area (Å²) in [4.78, 5) is 0. The molecule has 0 amide bonds. The minimum absolute atomic E-state index is 0.175. The Morgan fingerprint density at radius 3 is 2.28 bits per heavy atom. The van der Waals surface area contributed by atoms with Gasteiger partial charge in [-0.2, -0.15) is 0 Å². The predicted octanol–water partition coefficient (Wildman–Crippen LogP) is 1.81. The normalized spacial score (nSPS) is 22.9. The van der Waals surface area contributed by atoms with Crippen LogP contribution in [0.1, 0.15) is 46.5 Å². The van der Waals surface area contributed by atoms with E-state index in [-0.39, 0.29) is 12.0 Å². The Kier molecular flexibility index (Phi) is 6.08. The molecule has 0 saturated carbocycles. The molecule has 0 aromatic carbocycles. The molecule has 18 heavy (non-hydrogen) atoms. The van der Waals surface area contributed by atoms with Crippen molar-refractivity contribution in [3.8, 4) is 0 Å². The van der Waals surface area contributed by atoms with Crippen LogP contribution < -0.4 is 5.73 Å². The van der Waals surface area contributed by atoms with Gasteiger partial charge in [0.15, 0.2) is 0 Å². The van der Waals surface area contributed by atoms with Gasteiger partial charge >= 0.3 is 0 Å². The van der Waals surface area contributed by atoms with Crippen LogP contribution in [-0.2, 0) is 10.0 Å². The number of hydrogen-bond donors (Lipinski definition) is 1. The van der Waals surface area contributed by atoms with Crippen LogP contribution in [0, 0.1) is 11.8 Å². The first-order valence-corrected chi connectivity index (χ1v) is 8.71. The lowest BCUT2D eigenvalue weighted by atomic mass is 9.92. The van der Waals surface area contributed by atoms with Crippen LogP contribution in [0.25, 0.3) is 0 Å². The molecule has 1 aliphatic rings. The Morgan fingerprint density at radius 1 is 1.28 bits per heavy atom. The number of nitrogens with two attached hydrogens (primary N) is 1. The summed E-state index contributed by atoms with van der Waals surface area (Å²) in [5, 5.41) is 0. The van der Waals surface area contributed by atoms with Gasteiger partial charge < -0.3 is 5.73 Å². The maximum absolute atomic E-state index is 12.2. The molecule has 0 bridgehead atoms. The molecule has 0 spiro atoms. The Morgan fingerprint density at radius 2 is 1.83 bits per heavy atom. The second-order valence-corrected chi connectivity index (χ2v) is 7.78. The fourth-order valence-electron chi connectivity index (χ4n) is 2.72. The average molecular weight is 276 g/mol. The van der Waals surface area contributed by atoms with Gasteiger partial charge in [0, 0.05) is 19.1 Å². The lowest BCUT2D eigenvalue weighted by molar-refractivity contribution is 0.250. The number of piperidine rings is 1. The molecule has 2 atom stereocenters. The van der Waals surface area contributed by atoms with Gasteiger partial charge in [0.05, 0.1) is 5.75 Å². The highest BCUT2D eigenvalue weighted by Crippen LogP contribution is 2.23. The molecule has 2 N–H and O–H groups in total. The van der Waals surface area contributed by atoms with E-state index in [1.165, 1.54) is 0 Å². The molecule has 1 aliphatic heterocycles. The van der Waals surface area contributed by atoms with E-state index in [2.05, 4.69) is 6.92 Å². The van der Waals surface area contributed by atoms with E-state index in [4.69, 9.17) is 5.73 Å². The van der Waals surface area contributed by atoms with Crippen LogP contribution in [-0.4, -0.2) is 37.6 Å². The number of rotatable bonds is 6. The quantitative estimate of drug-likeness (QED) is 0.805. The molecule has 108 valence electrons. The molecule has 1 rings (SSSR count). The average Bonchev–Trinajstić information content (AvgIpc) is 2.28. The van der Waals surface area contributed by atoms with Crippen molar-refractivity contribution < 1.29 is 8.42 Å². The third-order valence-corrected chi connectivity index (χ3v) is 6.05. The highest BCUT2D eigenvalue weighted by Gasteiger charge is 2.30. The zero-order valence-electron chi connectivity index (χ0n) is 11.9. The highest BCUT2D eigenvalue weighted by atomic mass is 32.2. The van der Waals surface area contributed by atoms with Crippen molar-refractivity contribution in [1.82, 2.24) is 4.31 Å². The zero-order valence-corrected chi connectivity index (χ0v) is 12.7. The van der Waals surface area contributed by atoms with Crippen molar-refractivity contribution in [2.24, 2.45) is 17.6 Å². The summed E-state index contributed by atoms with van der Waals surface area (Å²) in [5.74, 6) is 1.03. The van der Waals surface area contributed by atoms with Crippen molar-refractivity contribution in [1.29, 1.82) is 0 Å². The van der Waals surface area contributed by atoms with Gasteiger partial charge in [-0.05, 0) is 38.0 Å². The van der Waals surface area contributed by atoms with Crippen LogP contribution in [0.15, 0.2) is 0 Å². The highest BCUT2D eigenvalue weighted by molar-refractivity contribution is 7.89. The van der Waals surface area contributed by atoms with Gasteiger partial charge in [-0.1, -0.05) is 20.3 Å². The molecule has 4 nitrogen and oxygen atoms in total. The minimum atomic E-state index is -3.06. The van der Waals surface area contributed by atoms with E-state index in [1.54, 1.807) is 4.31 Å².